The zero-order chi connectivity index (χ0) is 15.1. The highest BCUT2D eigenvalue weighted by atomic mass is 16.3. The number of nitrogens with zero attached hydrogens (tertiary/aromatic N) is 1. The molecular formula is C16H14N2O3. The Labute approximate surface area is 122 Å². The second kappa shape index (κ2) is 7.08. The van der Waals surface area contributed by atoms with Gasteiger partial charge in [-0.25, -0.2) is 0 Å². The lowest BCUT2D eigenvalue weighted by atomic mass is 10.1. The molecule has 1 amide bonds. The largest absolute Gasteiger partial charge is 0.505 e. The molecule has 1 aromatic heterocycles. The van der Waals surface area contributed by atoms with E-state index in [2.05, 4.69) is 22.1 Å². The van der Waals surface area contributed by atoms with Gasteiger partial charge in [0, 0.05) is 18.2 Å². The molecule has 2 aromatic rings. The number of aromatic hydroxyl groups is 1. The van der Waals surface area contributed by atoms with Crippen molar-refractivity contribution in [2.45, 2.75) is 6.42 Å². The summed E-state index contributed by atoms with van der Waals surface area (Å²) in [5, 5.41) is 21.1. The average molecular weight is 282 g/mol. The maximum atomic E-state index is 12.1. The molecule has 106 valence electrons. The van der Waals surface area contributed by atoms with Crippen LogP contribution in [0.4, 0.5) is 5.69 Å². The number of anilines is 1. The number of hydrogen-bond acceptors (Lipinski definition) is 4. The van der Waals surface area contributed by atoms with Crippen LogP contribution in [0.2, 0.25) is 0 Å². The number of rotatable bonds is 3. The average Bonchev–Trinajstić information content (AvgIpc) is 2.49. The van der Waals surface area contributed by atoms with Crippen LogP contribution in [0.25, 0.3) is 0 Å². The normalized spacial score (nSPS) is 9.57. The SMILES string of the molecule is O=C(Nc1ccccc1C#CCCO)c1ccncc1O. The van der Waals surface area contributed by atoms with Crippen LogP contribution in [-0.2, 0) is 0 Å². The quantitative estimate of drug-likeness (QED) is 0.749. The number of aliphatic hydroxyl groups excluding tert-OH is 1. The lowest BCUT2D eigenvalue weighted by Crippen LogP contribution is -2.13. The van der Waals surface area contributed by atoms with Gasteiger partial charge in [0.1, 0.15) is 5.75 Å². The fraction of sp³-hybridized carbons (Fsp3) is 0.125. The Morgan fingerprint density at radius 1 is 1.29 bits per heavy atom. The number of aromatic nitrogens is 1. The van der Waals surface area contributed by atoms with E-state index in [1.807, 2.05) is 6.07 Å². The predicted octanol–water partition coefficient (Wildman–Crippen LogP) is 1.77. The molecular weight excluding hydrogens is 268 g/mol. The Morgan fingerprint density at radius 3 is 2.86 bits per heavy atom. The summed E-state index contributed by atoms with van der Waals surface area (Å²) in [6, 6.07) is 8.51. The van der Waals surface area contributed by atoms with Crippen LogP contribution < -0.4 is 5.32 Å². The summed E-state index contributed by atoms with van der Waals surface area (Å²) in [7, 11) is 0. The lowest BCUT2D eigenvalue weighted by molar-refractivity contribution is 0.102. The number of aliphatic hydroxyl groups is 1. The number of amides is 1. The summed E-state index contributed by atoms with van der Waals surface area (Å²) in [6.07, 6.45) is 3.01. The minimum Gasteiger partial charge on any atom is -0.505 e. The molecule has 0 unspecified atom stereocenters. The van der Waals surface area contributed by atoms with Crippen LogP contribution in [0.15, 0.2) is 42.7 Å². The third kappa shape index (κ3) is 3.81. The summed E-state index contributed by atoms with van der Waals surface area (Å²) >= 11 is 0. The second-order valence-electron chi connectivity index (χ2n) is 4.17. The van der Waals surface area contributed by atoms with Gasteiger partial charge < -0.3 is 15.5 Å². The molecule has 0 fully saturated rings. The number of carbonyl (C=O) groups is 1. The molecule has 1 aromatic carbocycles. The Kier molecular flexibility index (Phi) is 4.91. The van der Waals surface area contributed by atoms with E-state index in [1.165, 1.54) is 18.5 Å². The van der Waals surface area contributed by atoms with Crippen molar-refractivity contribution >= 4 is 11.6 Å². The molecule has 0 spiro atoms. The monoisotopic (exact) mass is 282 g/mol. The van der Waals surface area contributed by atoms with E-state index in [4.69, 9.17) is 5.11 Å². The smallest absolute Gasteiger partial charge is 0.259 e. The van der Waals surface area contributed by atoms with Crippen molar-refractivity contribution in [3.8, 4) is 17.6 Å². The van der Waals surface area contributed by atoms with Crippen LogP contribution in [0, 0.1) is 11.8 Å². The van der Waals surface area contributed by atoms with Gasteiger partial charge in [-0.05, 0) is 18.2 Å². The fourth-order valence-electron chi connectivity index (χ4n) is 1.68. The van der Waals surface area contributed by atoms with Gasteiger partial charge in [0.05, 0.1) is 24.1 Å². The van der Waals surface area contributed by atoms with Crippen molar-refractivity contribution in [3.63, 3.8) is 0 Å². The van der Waals surface area contributed by atoms with Gasteiger partial charge in [-0.2, -0.15) is 0 Å². The molecule has 2 rings (SSSR count). The minimum absolute atomic E-state index is 0.00753. The summed E-state index contributed by atoms with van der Waals surface area (Å²) < 4.78 is 0. The Morgan fingerprint density at radius 2 is 2.10 bits per heavy atom. The van der Waals surface area contributed by atoms with Crippen molar-refractivity contribution in [3.05, 3.63) is 53.9 Å². The molecule has 0 atom stereocenters. The topological polar surface area (TPSA) is 82.5 Å². The summed E-state index contributed by atoms with van der Waals surface area (Å²) in [6.45, 7) is -0.00753. The molecule has 0 aliphatic rings. The molecule has 0 bridgehead atoms. The van der Waals surface area contributed by atoms with E-state index < -0.39 is 5.91 Å². The predicted molar refractivity (Wildman–Crippen MR) is 78.9 cm³/mol. The van der Waals surface area contributed by atoms with Gasteiger partial charge >= 0.3 is 0 Å². The molecule has 0 radical (unpaired) electrons. The molecule has 0 saturated heterocycles. The van der Waals surface area contributed by atoms with Crippen LogP contribution in [0.5, 0.6) is 5.75 Å². The number of carbonyl (C=O) groups excluding carboxylic acids is 1. The Hall–Kier alpha value is -2.84. The second-order valence-corrected chi connectivity index (χ2v) is 4.17. The number of pyridine rings is 1. The van der Waals surface area contributed by atoms with Crippen LogP contribution >= 0.6 is 0 Å². The first-order chi connectivity index (χ1) is 10.2. The molecule has 0 aliphatic carbocycles. The van der Waals surface area contributed by atoms with Crippen molar-refractivity contribution < 1.29 is 15.0 Å². The molecule has 5 nitrogen and oxygen atoms in total. The van der Waals surface area contributed by atoms with E-state index in [1.54, 1.807) is 18.2 Å². The van der Waals surface area contributed by atoms with Crippen molar-refractivity contribution in [1.29, 1.82) is 0 Å². The summed E-state index contributed by atoms with van der Waals surface area (Å²) in [5.41, 5.74) is 1.33. The van der Waals surface area contributed by atoms with Crippen LogP contribution in [0.3, 0.4) is 0 Å². The molecule has 0 aliphatic heterocycles. The first-order valence-electron chi connectivity index (χ1n) is 6.35. The maximum absolute atomic E-state index is 12.1. The van der Waals surface area contributed by atoms with Crippen molar-refractivity contribution in [1.82, 2.24) is 4.98 Å². The Balaban J connectivity index is 2.23. The standard InChI is InChI=1S/C16H14N2O3/c19-10-4-3-6-12-5-1-2-7-14(12)18-16(21)13-8-9-17-11-15(13)20/h1-2,5,7-9,11,19-20H,4,10H2,(H,18,21). The zero-order valence-electron chi connectivity index (χ0n) is 11.2. The van der Waals surface area contributed by atoms with E-state index >= 15 is 0 Å². The highest BCUT2D eigenvalue weighted by Crippen LogP contribution is 2.19. The van der Waals surface area contributed by atoms with Crippen molar-refractivity contribution in [2.24, 2.45) is 0 Å². The van der Waals surface area contributed by atoms with Gasteiger partial charge in [0.25, 0.3) is 5.91 Å². The summed E-state index contributed by atoms with van der Waals surface area (Å²) in [5.74, 6) is 5.07. The number of nitrogens with one attached hydrogen (secondary N) is 1. The first kappa shape index (κ1) is 14.6. The van der Waals surface area contributed by atoms with E-state index in [0.29, 0.717) is 17.7 Å². The molecule has 1 heterocycles. The van der Waals surface area contributed by atoms with Crippen LogP contribution in [-0.4, -0.2) is 27.7 Å². The molecule has 3 N–H and O–H groups in total. The number of para-hydroxylation sites is 1. The van der Waals surface area contributed by atoms with E-state index in [9.17, 15) is 9.90 Å². The first-order valence-corrected chi connectivity index (χ1v) is 6.35. The van der Waals surface area contributed by atoms with E-state index in [-0.39, 0.29) is 17.9 Å². The molecule has 21 heavy (non-hydrogen) atoms. The van der Waals surface area contributed by atoms with Gasteiger partial charge in [0.15, 0.2) is 0 Å². The Bertz CT molecular complexity index is 702. The van der Waals surface area contributed by atoms with Gasteiger partial charge in [-0.1, -0.05) is 24.0 Å². The number of benzene rings is 1. The highest BCUT2D eigenvalue weighted by molar-refractivity contribution is 6.06. The third-order valence-electron chi connectivity index (χ3n) is 2.68. The van der Waals surface area contributed by atoms with Crippen molar-refractivity contribution in [2.75, 3.05) is 11.9 Å². The third-order valence-corrected chi connectivity index (χ3v) is 2.68. The molecule has 5 heteroatoms. The van der Waals surface area contributed by atoms with Crippen LogP contribution in [0.1, 0.15) is 22.3 Å². The van der Waals surface area contributed by atoms with Gasteiger partial charge in [0.2, 0.25) is 0 Å². The molecule has 0 saturated carbocycles. The maximum Gasteiger partial charge on any atom is 0.259 e. The zero-order valence-corrected chi connectivity index (χ0v) is 11.2. The fourth-order valence-corrected chi connectivity index (χ4v) is 1.68. The highest BCUT2D eigenvalue weighted by Gasteiger charge is 2.12. The lowest BCUT2D eigenvalue weighted by Gasteiger charge is -2.08. The summed E-state index contributed by atoms with van der Waals surface area (Å²) in [4.78, 5) is 15.9. The van der Waals surface area contributed by atoms with E-state index in [0.717, 1.165) is 0 Å². The van der Waals surface area contributed by atoms with Gasteiger partial charge in [-0.3, -0.25) is 9.78 Å². The number of hydrogen-bond donors (Lipinski definition) is 3. The van der Waals surface area contributed by atoms with Gasteiger partial charge in [-0.15, -0.1) is 0 Å². The minimum atomic E-state index is -0.439.